The number of hydrogen-bond donors (Lipinski definition) is 1. The Morgan fingerprint density at radius 3 is 3.14 bits per heavy atom. The Morgan fingerprint density at radius 1 is 1.36 bits per heavy atom. The van der Waals surface area contributed by atoms with Crippen LogP contribution in [0.25, 0.3) is 0 Å². The van der Waals surface area contributed by atoms with Crippen molar-refractivity contribution in [1.29, 1.82) is 0 Å². The minimum atomic E-state index is -0.0993. The lowest BCUT2D eigenvalue weighted by atomic mass is 9.98. The van der Waals surface area contributed by atoms with E-state index in [1.54, 1.807) is 25.3 Å². The molecule has 28 heavy (non-hydrogen) atoms. The zero-order valence-electron chi connectivity index (χ0n) is 15.8. The van der Waals surface area contributed by atoms with Gasteiger partial charge in [-0.05, 0) is 43.5 Å². The number of benzene rings is 1. The van der Waals surface area contributed by atoms with Crippen LogP contribution in [0.3, 0.4) is 0 Å². The third-order valence-corrected chi connectivity index (χ3v) is 4.93. The Morgan fingerprint density at radius 2 is 2.25 bits per heavy atom. The summed E-state index contributed by atoms with van der Waals surface area (Å²) in [6, 6.07) is 5.24. The van der Waals surface area contributed by atoms with E-state index < -0.39 is 0 Å². The van der Waals surface area contributed by atoms with E-state index in [4.69, 9.17) is 18.7 Å². The van der Waals surface area contributed by atoms with Gasteiger partial charge in [0.05, 0.1) is 6.54 Å². The smallest absolute Gasteiger partial charge is 0.252 e. The number of nitrogens with zero attached hydrogens (tertiary/aromatic N) is 3. The van der Waals surface area contributed by atoms with Crippen LogP contribution in [0.2, 0.25) is 0 Å². The summed E-state index contributed by atoms with van der Waals surface area (Å²) < 4.78 is 20.8. The highest BCUT2D eigenvalue weighted by Gasteiger charge is 2.23. The Kier molecular flexibility index (Phi) is 5.73. The van der Waals surface area contributed by atoms with Gasteiger partial charge >= 0.3 is 0 Å². The average Bonchev–Trinajstić information content (AvgIpc) is 3.35. The first kappa shape index (κ1) is 18.7. The lowest BCUT2D eigenvalue weighted by Crippen LogP contribution is -2.40. The normalized spacial score (nSPS) is 19.0. The lowest BCUT2D eigenvalue weighted by Gasteiger charge is -2.31. The van der Waals surface area contributed by atoms with Crippen LogP contribution >= 0.6 is 0 Å². The molecule has 1 unspecified atom stereocenters. The minimum absolute atomic E-state index is 0.0993. The molecule has 1 fully saturated rings. The molecule has 1 N–H and O–H groups in total. The monoisotopic (exact) mass is 388 g/mol. The van der Waals surface area contributed by atoms with Crippen molar-refractivity contribution < 1.29 is 23.5 Å². The van der Waals surface area contributed by atoms with Crippen molar-refractivity contribution in [3.8, 4) is 11.5 Å². The molecular weight excluding hydrogens is 364 g/mol. The Hall–Kier alpha value is -2.65. The van der Waals surface area contributed by atoms with Gasteiger partial charge in [0.1, 0.15) is 6.61 Å². The predicted molar refractivity (Wildman–Crippen MR) is 97.9 cm³/mol. The molecule has 0 aliphatic carbocycles. The molecule has 0 bridgehead atoms. The first-order chi connectivity index (χ1) is 13.7. The summed E-state index contributed by atoms with van der Waals surface area (Å²) in [5.74, 6) is 2.73. The second kappa shape index (κ2) is 8.57. The molecule has 0 radical (unpaired) electrons. The highest BCUT2D eigenvalue weighted by Crippen LogP contribution is 2.32. The van der Waals surface area contributed by atoms with Gasteiger partial charge in [-0.25, -0.2) is 0 Å². The fraction of sp³-hybridized carbons (Fsp3) is 0.526. The van der Waals surface area contributed by atoms with E-state index in [0.29, 0.717) is 54.4 Å². The van der Waals surface area contributed by atoms with Gasteiger partial charge < -0.3 is 24.1 Å². The van der Waals surface area contributed by atoms with Gasteiger partial charge in [-0.1, -0.05) is 5.16 Å². The van der Waals surface area contributed by atoms with E-state index in [1.807, 2.05) is 0 Å². The maximum atomic E-state index is 12.5. The number of hydrogen-bond acceptors (Lipinski definition) is 8. The zero-order chi connectivity index (χ0) is 19.3. The average molecular weight is 388 g/mol. The number of carbonyl (C=O) groups excluding carboxylic acids is 1. The molecule has 2 aliphatic heterocycles. The van der Waals surface area contributed by atoms with Crippen LogP contribution in [0.15, 0.2) is 22.7 Å². The van der Waals surface area contributed by atoms with Crippen molar-refractivity contribution in [3.63, 3.8) is 0 Å². The summed E-state index contributed by atoms with van der Waals surface area (Å²) in [4.78, 5) is 19.1. The van der Waals surface area contributed by atoms with Crippen molar-refractivity contribution >= 4 is 5.91 Å². The number of amides is 1. The molecule has 1 atom stereocenters. The summed E-state index contributed by atoms with van der Waals surface area (Å²) in [6.07, 6.45) is 2.16. The number of carbonyl (C=O) groups is 1. The molecule has 1 amide bonds. The highest BCUT2D eigenvalue weighted by atomic mass is 16.7. The molecule has 1 aromatic heterocycles. The van der Waals surface area contributed by atoms with Gasteiger partial charge in [0.15, 0.2) is 17.3 Å². The molecule has 4 rings (SSSR count). The lowest BCUT2D eigenvalue weighted by molar-refractivity contribution is 0.0929. The van der Waals surface area contributed by atoms with Crippen LogP contribution in [0.4, 0.5) is 0 Å². The third kappa shape index (κ3) is 4.42. The summed E-state index contributed by atoms with van der Waals surface area (Å²) >= 11 is 0. The minimum Gasteiger partial charge on any atom is -0.454 e. The fourth-order valence-corrected chi connectivity index (χ4v) is 3.57. The van der Waals surface area contributed by atoms with Crippen molar-refractivity contribution in [2.75, 3.05) is 33.5 Å². The topological polar surface area (TPSA) is 99.0 Å². The standard InChI is InChI=1S/C19H24N4O5/c1-25-11-18-21-17(22-28-18)10-23-6-2-3-13(9-23)8-20-19(24)14-4-5-15-16(7-14)27-12-26-15/h4-5,7,13H,2-3,6,8-12H2,1H3,(H,20,24). The van der Waals surface area contributed by atoms with E-state index in [-0.39, 0.29) is 12.7 Å². The maximum Gasteiger partial charge on any atom is 0.252 e. The molecule has 9 nitrogen and oxygen atoms in total. The van der Waals surface area contributed by atoms with E-state index in [1.165, 1.54) is 0 Å². The van der Waals surface area contributed by atoms with Crippen LogP contribution < -0.4 is 14.8 Å². The molecule has 1 saturated heterocycles. The van der Waals surface area contributed by atoms with Crippen molar-refractivity contribution in [1.82, 2.24) is 20.4 Å². The van der Waals surface area contributed by atoms with Gasteiger partial charge in [0.2, 0.25) is 6.79 Å². The highest BCUT2D eigenvalue weighted by molar-refractivity contribution is 5.94. The van der Waals surface area contributed by atoms with Crippen LogP contribution in [0.1, 0.15) is 34.9 Å². The largest absolute Gasteiger partial charge is 0.454 e. The molecule has 150 valence electrons. The van der Waals surface area contributed by atoms with Gasteiger partial charge in [-0.3, -0.25) is 9.69 Å². The third-order valence-electron chi connectivity index (χ3n) is 4.93. The second-order valence-electron chi connectivity index (χ2n) is 7.06. The van der Waals surface area contributed by atoms with Crippen LogP contribution in [-0.2, 0) is 17.9 Å². The maximum absolute atomic E-state index is 12.5. The number of aromatic nitrogens is 2. The summed E-state index contributed by atoms with van der Waals surface area (Å²) in [5, 5.41) is 7.03. The van der Waals surface area contributed by atoms with Crippen LogP contribution in [0, 0.1) is 5.92 Å². The summed E-state index contributed by atoms with van der Waals surface area (Å²) in [6.45, 7) is 3.66. The Bertz CT molecular complexity index is 824. The SMILES string of the molecule is COCc1nc(CN2CCCC(CNC(=O)c3ccc4c(c3)OCO4)C2)no1. The molecule has 3 heterocycles. The number of fused-ring (bicyclic) bond motifs is 1. The van der Waals surface area contributed by atoms with Gasteiger partial charge in [0, 0.05) is 25.8 Å². The molecule has 9 heteroatoms. The van der Waals surface area contributed by atoms with Crippen molar-refractivity contribution in [2.45, 2.75) is 26.0 Å². The van der Waals surface area contributed by atoms with E-state index in [0.717, 1.165) is 25.9 Å². The van der Waals surface area contributed by atoms with Gasteiger partial charge in [0.25, 0.3) is 11.8 Å². The van der Waals surface area contributed by atoms with Crippen LogP contribution in [-0.4, -0.2) is 54.5 Å². The van der Waals surface area contributed by atoms with E-state index in [9.17, 15) is 4.79 Å². The Balaban J connectivity index is 1.27. The quantitative estimate of drug-likeness (QED) is 0.763. The molecule has 2 aliphatic rings. The number of likely N-dealkylation sites (tertiary alicyclic amines) is 1. The Labute approximate surface area is 162 Å². The molecule has 0 spiro atoms. The molecule has 2 aromatic rings. The summed E-state index contributed by atoms with van der Waals surface area (Å²) in [7, 11) is 1.59. The number of ether oxygens (including phenoxy) is 3. The van der Waals surface area contributed by atoms with Crippen molar-refractivity contribution in [3.05, 3.63) is 35.5 Å². The van der Waals surface area contributed by atoms with E-state index in [2.05, 4.69) is 20.4 Å². The molecule has 0 saturated carbocycles. The first-order valence-corrected chi connectivity index (χ1v) is 9.42. The first-order valence-electron chi connectivity index (χ1n) is 9.42. The molecular formula is C19H24N4O5. The van der Waals surface area contributed by atoms with Gasteiger partial charge in [-0.15, -0.1) is 0 Å². The second-order valence-corrected chi connectivity index (χ2v) is 7.06. The summed E-state index contributed by atoms with van der Waals surface area (Å²) in [5.41, 5.74) is 0.578. The van der Waals surface area contributed by atoms with E-state index >= 15 is 0 Å². The predicted octanol–water partition coefficient (Wildman–Crippen LogP) is 1.59. The van der Waals surface area contributed by atoms with Crippen molar-refractivity contribution in [2.24, 2.45) is 5.92 Å². The number of rotatable bonds is 7. The fourth-order valence-electron chi connectivity index (χ4n) is 3.57. The molecule has 1 aromatic carbocycles. The zero-order valence-corrected chi connectivity index (χ0v) is 15.8. The number of methoxy groups -OCH3 is 1. The van der Waals surface area contributed by atoms with Gasteiger partial charge in [-0.2, -0.15) is 4.98 Å². The van der Waals surface area contributed by atoms with Crippen LogP contribution in [0.5, 0.6) is 11.5 Å². The number of piperidine rings is 1. The number of nitrogens with one attached hydrogen (secondary N) is 1.